The lowest BCUT2D eigenvalue weighted by Gasteiger charge is -2.15. The Morgan fingerprint density at radius 3 is 2.14 bits per heavy atom. The molecule has 0 radical (unpaired) electrons. The molecule has 0 aliphatic heterocycles. The molecule has 2 N–H and O–H groups in total. The molecule has 2 rings (SSSR count). The second kappa shape index (κ2) is 6.81. The van der Waals surface area contributed by atoms with Crippen molar-refractivity contribution >= 4 is 35.1 Å². The van der Waals surface area contributed by atoms with E-state index in [9.17, 15) is 9.59 Å². The summed E-state index contributed by atoms with van der Waals surface area (Å²) in [6.07, 6.45) is 0. The van der Waals surface area contributed by atoms with E-state index >= 15 is 0 Å². The van der Waals surface area contributed by atoms with E-state index in [-0.39, 0.29) is 33.1 Å². The second-order valence-electron chi connectivity index (χ2n) is 4.73. The Balaban J connectivity index is 2.22. The van der Waals surface area contributed by atoms with Crippen molar-refractivity contribution in [2.24, 2.45) is 0 Å². The molecule has 0 aromatic heterocycles. The minimum absolute atomic E-state index is 0.0717. The largest absolute Gasteiger partial charge is 0.478 e. The summed E-state index contributed by atoms with van der Waals surface area (Å²) < 4.78 is 0. The van der Waals surface area contributed by atoms with Gasteiger partial charge in [0.15, 0.2) is 0 Å². The van der Waals surface area contributed by atoms with Gasteiger partial charge in [-0.15, -0.1) is 0 Å². The molecule has 0 bridgehead atoms. The fourth-order valence-corrected chi connectivity index (χ4v) is 2.66. The molecule has 0 spiro atoms. The maximum Gasteiger partial charge on any atom is 0.338 e. The highest BCUT2D eigenvalue weighted by Gasteiger charge is 2.18. The van der Waals surface area contributed by atoms with Gasteiger partial charge in [-0.05, 0) is 24.6 Å². The Morgan fingerprint density at radius 1 is 1.09 bits per heavy atom. The molecule has 114 valence electrons. The summed E-state index contributed by atoms with van der Waals surface area (Å²) in [4.78, 5) is 23.3. The summed E-state index contributed by atoms with van der Waals surface area (Å²) in [5, 5.41) is 11.7. The van der Waals surface area contributed by atoms with Gasteiger partial charge >= 0.3 is 5.97 Å². The summed E-state index contributed by atoms with van der Waals surface area (Å²) in [5.41, 5.74) is 0.953. The standard InChI is InChI=1S/C16H13Cl2NO3/c1-9(10-5-3-2-4-6-10)19-15(20)11-7-12(17)14(16(21)22)13(18)8-11/h2-9H,1H3,(H,19,20)(H,21,22)/t9-/m1/s1. The van der Waals surface area contributed by atoms with E-state index in [2.05, 4.69) is 5.32 Å². The van der Waals surface area contributed by atoms with Gasteiger partial charge < -0.3 is 10.4 Å². The first-order valence-corrected chi connectivity index (χ1v) is 7.24. The summed E-state index contributed by atoms with van der Waals surface area (Å²) in [5.74, 6) is -1.61. The van der Waals surface area contributed by atoms with E-state index in [1.165, 1.54) is 12.1 Å². The molecule has 6 heteroatoms. The van der Waals surface area contributed by atoms with Crippen LogP contribution in [0.3, 0.4) is 0 Å². The van der Waals surface area contributed by atoms with Crippen LogP contribution in [0, 0.1) is 0 Å². The van der Waals surface area contributed by atoms with Crippen LogP contribution in [0.2, 0.25) is 10.0 Å². The molecule has 0 heterocycles. The summed E-state index contributed by atoms with van der Waals surface area (Å²) in [6.45, 7) is 1.85. The van der Waals surface area contributed by atoms with Crippen molar-refractivity contribution in [1.82, 2.24) is 5.32 Å². The Morgan fingerprint density at radius 2 is 1.64 bits per heavy atom. The van der Waals surface area contributed by atoms with Crippen molar-refractivity contribution in [1.29, 1.82) is 0 Å². The van der Waals surface area contributed by atoms with Gasteiger partial charge in [-0.25, -0.2) is 4.79 Å². The summed E-state index contributed by atoms with van der Waals surface area (Å²) in [6, 6.07) is 11.8. The van der Waals surface area contributed by atoms with Crippen molar-refractivity contribution in [2.75, 3.05) is 0 Å². The van der Waals surface area contributed by atoms with E-state index < -0.39 is 5.97 Å². The van der Waals surface area contributed by atoms with E-state index in [1.807, 2.05) is 37.3 Å². The van der Waals surface area contributed by atoms with Crippen LogP contribution >= 0.6 is 23.2 Å². The van der Waals surface area contributed by atoms with E-state index in [0.29, 0.717) is 0 Å². The van der Waals surface area contributed by atoms with Crippen LogP contribution in [0.5, 0.6) is 0 Å². The third-order valence-corrected chi connectivity index (χ3v) is 3.76. The van der Waals surface area contributed by atoms with Gasteiger partial charge in [0, 0.05) is 5.56 Å². The zero-order valence-electron chi connectivity index (χ0n) is 11.6. The lowest BCUT2D eigenvalue weighted by Crippen LogP contribution is -2.26. The summed E-state index contributed by atoms with van der Waals surface area (Å²) >= 11 is 11.8. The molecule has 1 atom stereocenters. The molecule has 4 nitrogen and oxygen atoms in total. The molecule has 0 saturated carbocycles. The molecule has 0 unspecified atom stereocenters. The van der Waals surface area contributed by atoms with Gasteiger partial charge in [-0.1, -0.05) is 53.5 Å². The fraction of sp³-hybridized carbons (Fsp3) is 0.125. The fourth-order valence-electron chi connectivity index (χ4n) is 2.01. The number of nitrogens with one attached hydrogen (secondary N) is 1. The SMILES string of the molecule is C[C@@H](NC(=O)c1cc(Cl)c(C(=O)O)c(Cl)c1)c1ccccc1. The van der Waals surface area contributed by atoms with Crippen LogP contribution in [-0.4, -0.2) is 17.0 Å². The maximum absolute atomic E-state index is 12.2. The van der Waals surface area contributed by atoms with E-state index in [1.54, 1.807) is 0 Å². The van der Waals surface area contributed by atoms with Gasteiger partial charge in [0.25, 0.3) is 5.91 Å². The number of rotatable bonds is 4. The quantitative estimate of drug-likeness (QED) is 0.879. The number of carboxylic acids is 1. The summed E-state index contributed by atoms with van der Waals surface area (Å²) in [7, 11) is 0. The van der Waals surface area contributed by atoms with Crippen molar-refractivity contribution in [3.05, 3.63) is 69.2 Å². The first-order chi connectivity index (χ1) is 10.4. The Bertz CT molecular complexity index is 694. The first-order valence-electron chi connectivity index (χ1n) is 6.48. The molecule has 0 fully saturated rings. The molecular weight excluding hydrogens is 325 g/mol. The Labute approximate surface area is 137 Å². The molecule has 0 aliphatic carbocycles. The first kappa shape index (κ1) is 16.3. The lowest BCUT2D eigenvalue weighted by molar-refractivity contribution is 0.0696. The average Bonchev–Trinajstić information content (AvgIpc) is 2.46. The zero-order chi connectivity index (χ0) is 16.3. The number of benzene rings is 2. The van der Waals surface area contributed by atoms with Crippen LogP contribution in [-0.2, 0) is 0 Å². The van der Waals surface area contributed by atoms with Crippen molar-refractivity contribution in [3.8, 4) is 0 Å². The number of carbonyl (C=O) groups excluding carboxylic acids is 1. The van der Waals surface area contributed by atoms with Gasteiger partial charge in [0.1, 0.15) is 0 Å². The number of hydrogen-bond acceptors (Lipinski definition) is 2. The number of amides is 1. The van der Waals surface area contributed by atoms with Crippen LogP contribution in [0.25, 0.3) is 0 Å². The maximum atomic E-state index is 12.2. The minimum Gasteiger partial charge on any atom is -0.478 e. The molecule has 2 aromatic rings. The van der Waals surface area contributed by atoms with Crippen LogP contribution in [0.4, 0.5) is 0 Å². The lowest BCUT2D eigenvalue weighted by atomic mass is 10.1. The van der Waals surface area contributed by atoms with Gasteiger partial charge in [0.05, 0.1) is 21.7 Å². The van der Waals surface area contributed by atoms with Gasteiger partial charge in [0.2, 0.25) is 0 Å². The highest BCUT2D eigenvalue weighted by molar-refractivity contribution is 6.39. The number of carboxylic acid groups (broad SMARTS) is 1. The Kier molecular flexibility index (Phi) is 5.06. The number of hydrogen-bond donors (Lipinski definition) is 2. The molecule has 0 saturated heterocycles. The average molecular weight is 338 g/mol. The van der Waals surface area contributed by atoms with Crippen molar-refractivity contribution in [2.45, 2.75) is 13.0 Å². The molecule has 22 heavy (non-hydrogen) atoms. The van der Waals surface area contributed by atoms with E-state index in [0.717, 1.165) is 5.56 Å². The molecule has 1 amide bonds. The highest BCUT2D eigenvalue weighted by atomic mass is 35.5. The van der Waals surface area contributed by atoms with Crippen LogP contribution in [0.15, 0.2) is 42.5 Å². The molecule has 0 aliphatic rings. The molecular formula is C16H13Cl2NO3. The third-order valence-electron chi connectivity index (χ3n) is 3.17. The van der Waals surface area contributed by atoms with Crippen LogP contribution in [0.1, 0.15) is 39.2 Å². The smallest absolute Gasteiger partial charge is 0.338 e. The van der Waals surface area contributed by atoms with Crippen molar-refractivity contribution < 1.29 is 14.7 Å². The van der Waals surface area contributed by atoms with Crippen LogP contribution < -0.4 is 5.32 Å². The zero-order valence-corrected chi connectivity index (χ0v) is 13.2. The number of carbonyl (C=O) groups is 2. The Hall–Kier alpha value is -2.04. The van der Waals surface area contributed by atoms with Crippen molar-refractivity contribution in [3.63, 3.8) is 0 Å². The molecule has 2 aromatic carbocycles. The van der Waals surface area contributed by atoms with Gasteiger partial charge in [-0.2, -0.15) is 0 Å². The minimum atomic E-state index is -1.24. The second-order valence-corrected chi connectivity index (χ2v) is 5.54. The normalized spacial score (nSPS) is 11.8. The van der Waals surface area contributed by atoms with E-state index in [4.69, 9.17) is 28.3 Å². The number of aromatic carboxylic acids is 1. The third kappa shape index (κ3) is 3.59. The van der Waals surface area contributed by atoms with Gasteiger partial charge in [-0.3, -0.25) is 4.79 Å². The topological polar surface area (TPSA) is 66.4 Å². The highest BCUT2D eigenvalue weighted by Crippen LogP contribution is 2.27. The number of halogens is 2. The predicted octanol–water partition coefficient (Wildman–Crippen LogP) is 4.18. The monoisotopic (exact) mass is 337 g/mol. The predicted molar refractivity (Wildman–Crippen MR) is 85.7 cm³/mol.